The van der Waals surface area contributed by atoms with Gasteiger partial charge in [0.25, 0.3) is 0 Å². The van der Waals surface area contributed by atoms with Crippen LogP contribution in [-0.2, 0) is 9.59 Å². The van der Waals surface area contributed by atoms with E-state index in [4.69, 9.17) is 5.73 Å². The lowest BCUT2D eigenvalue weighted by Crippen LogP contribution is -2.47. The molecule has 1 saturated heterocycles. The molecule has 0 spiro atoms. The van der Waals surface area contributed by atoms with Crippen molar-refractivity contribution in [3.05, 3.63) is 54.6 Å². The highest BCUT2D eigenvalue weighted by atomic mass is 16.2. The van der Waals surface area contributed by atoms with Gasteiger partial charge in [-0.25, -0.2) is 0 Å². The van der Waals surface area contributed by atoms with Crippen LogP contribution >= 0.6 is 0 Å². The van der Waals surface area contributed by atoms with Crippen LogP contribution in [0.1, 0.15) is 19.8 Å². The van der Waals surface area contributed by atoms with Gasteiger partial charge in [-0.1, -0.05) is 48.5 Å². The molecule has 5 nitrogen and oxygen atoms in total. The number of nitrogens with zero attached hydrogens (tertiary/aromatic N) is 1. The first kappa shape index (κ1) is 18.1. The van der Waals surface area contributed by atoms with Gasteiger partial charge in [0.05, 0.1) is 6.04 Å². The second-order valence-corrected chi connectivity index (χ2v) is 6.79. The highest BCUT2D eigenvalue weighted by Gasteiger charge is 2.28. The molecule has 2 aromatic carbocycles. The molecule has 1 heterocycles. The zero-order chi connectivity index (χ0) is 18.5. The van der Waals surface area contributed by atoms with Gasteiger partial charge in [-0.2, -0.15) is 0 Å². The van der Waals surface area contributed by atoms with Crippen molar-refractivity contribution < 1.29 is 9.59 Å². The summed E-state index contributed by atoms with van der Waals surface area (Å²) in [4.78, 5) is 26.2. The largest absolute Gasteiger partial charge is 0.369 e. The van der Waals surface area contributed by atoms with Crippen LogP contribution in [0.3, 0.4) is 0 Å². The highest BCUT2D eigenvalue weighted by molar-refractivity contribution is 5.98. The van der Waals surface area contributed by atoms with E-state index in [9.17, 15) is 9.59 Å². The maximum atomic E-state index is 12.8. The number of carbonyl (C=O) groups is 2. The van der Waals surface area contributed by atoms with Crippen LogP contribution in [0, 0.1) is 5.92 Å². The van der Waals surface area contributed by atoms with Crippen molar-refractivity contribution in [1.29, 1.82) is 0 Å². The summed E-state index contributed by atoms with van der Waals surface area (Å²) in [6, 6.07) is 17.6. The number of hydrogen-bond donors (Lipinski definition) is 2. The summed E-state index contributed by atoms with van der Waals surface area (Å²) in [5, 5.41) is 3.07. The van der Waals surface area contributed by atoms with E-state index in [1.54, 1.807) is 0 Å². The Labute approximate surface area is 154 Å². The minimum absolute atomic E-state index is 0.0362. The van der Waals surface area contributed by atoms with Gasteiger partial charge < -0.3 is 11.1 Å². The zero-order valence-electron chi connectivity index (χ0n) is 15.0. The summed E-state index contributed by atoms with van der Waals surface area (Å²) in [7, 11) is 0. The molecule has 2 aromatic rings. The Bertz CT molecular complexity index is 768. The molecule has 0 aromatic heterocycles. The molecule has 0 saturated carbocycles. The topological polar surface area (TPSA) is 75.4 Å². The Morgan fingerprint density at radius 3 is 2.31 bits per heavy atom. The van der Waals surface area contributed by atoms with Crippen LogP contribution in [0.15, 0.2) is 54.6 Å². The fourth-order valence-electron chi connectivity index (χ4n) is 3.44. The molecule has 136 valence electrons. The van der Waals surface area contributed by atoms with E-state index in [1.807, 2.05) is 61.5 Å². The number of amides is 2. The van der Waals surface area contributed by atoms with Gasteiger partial charge in [0.15, 0.2) is 0 Å². The minimum Gasteiger partial charge on any atom is -0.369 e. The fraction of sp³-hybridized carbons (Fsp3) is 0.333. The summed E-state index contributed by atoms with van der Waals surface area (Å²) in [6.07, 6.45) is 1.43. The van der Waals surface area contributed by atoms with Crippen LogP contribution in [0.5, 0.6) is 0 Å². The van der Waals surface area contributed by atoms with Gasteiger partial charge in [-0.3, -0.25) is 14.5 Å². The Morgan fingerprint density at radius 2 is 1.65 bits per heavy atom. The average molecular weight is 351 g/mol. The molecule has 26 heavy (non-hydrogen) atoms. The minimum atomic E-state index is -0.257. The third-order valence-electron chi connectivity index (χ3n) is 5.13. The van der Waals surface area contributed by atoms with E-state index in [0.717, 1.165) is 16.8 Å². The molecule has 1 fully saturated rings. The summed E-state index contributed by atoms with van der Waals surface area (Å²) < 4.78 is 0. The van der Waals surface area contributed by atoms with Crippen molar-refractivity contribution in [2.75, 3.05) is 18.4 Å². The number of nitrogens with one attached hydrogen (secondary N) is 1. The summed E-state index contributed by atoms with van der Waals surface area (Å²) >= 11 is 0. The van der Waals surface area contributed by atoms with Gasteiger partial charge in [-0.05, 0) is 44.5 Å². The number of piperidine rings is 1. The summed E-state index contributed by atoms with van der Waals surface area (Å²) in [5.41, 5.74) is 8.26. The quantitative estimate of drug-likeness (QED) is 0.870. The molecule has 0 bridgehead atoms. The third-order valence-corrected chi connectivity index (χ3v) is 5.13. The van der Waals surface area contributed by atoms with Crippen LogP contribution in [-0.4, -0.2) is 35.8 Å². The number of anilines is 1. The van der Waals surface area contributed by atoms with Gasteiger partial charge >= 0.3 is 0 Å². The Balaban J connectivity index is 1.68. The number of carbonyl (C=O) groups excluding carboxylic acids is 2. The monoisotopic (exact) mass is 351 g/mol. The first-order valence-electron chi connectivity index (χ1n) is 9.05. The van der Waals surface area contributed by atoms with Crippen molar-refractivity contribution in [3.8, 4) is 11.1 Å². The molecule has 1 atom stereocenters. The van der Waals surface area contributed by atoms with Crippen molar-refractivity contribution >= 4 is 17.5 Å². The summed E-state index contributed by atoms with van der Waals surface area (Å²) in [5.74, 6) is -0.343. The Hall–Kier alpha value is -2.66. The summed E-state index contributed by atoms with van der Waals surface area (Å²) in [6.45, 7) is 3.33. The molecule has 1 aliphatic heterocycles. The number of benzene rings is 2. The van der Waals surface area contributed by atoms with Crippen LogP contribution in [0.4, 0.5) is 5.69 Å². The normalized spacial score (nSPS) is 16.8. The lowest BCUT2D eigenvalue weighted by Gasteiger charge is -2.34. The molecular formula is C21H25N3O2. The maximum absolute atomic E-state index is 12.8. The van der Waals surface area contributed by atoms with E-state index in [0.29, 0.717) is 25.9 Å². The molecule has 3 N–H and O–H groups in total. The SMILES string of the molecule is CC(C(=O)Nc1ccccc1-c1ccccc1)N1CCC(C(N)=O)CC1. The maximum Gasteiger partial charge on any atom is 0.241 e. The van der Waals surface area contributed by atoms with Crippen LogP contribution in [0.25, 0.3) is 11.1 Å². The number of primary amides is 1. The number of likely N-dealkylation sites (tertiary alicyclic amines) is 1. The second kappa shape index (κ2) is 8.15. The van der Waals surface area contributed by atoms with Gasteiger partial charge in [0.1, 0.15) is 0 Å². The molecule has 0 aliphatic carbocycles. The third kappa shape index (κ3) is 4.11. The zero-order valence-corrected chi connectivity index (χ0v) is 15.0. The van der Waals surface area contributed by atoms with Crippen molar-refractivity contribution in [1.82, 2.24) is 4.90 Å². The van der Waals surface area contributed by atoms with Crippen LogP contribution < -0.4 is 11.1 Å². The van der Waals surface area contributed by atoms with Crippen LogP contribution in [0.2, 0.25) is 0 Å². The molecule has 0 radical (unpaired) electrons. The molecule has 5 heteroatoms. The van der Waals surface area contributed by atoms with E-state index in [-0.39, 0.29) is 23.8 Å². The molecular weight excluding hydrogens is 326 g/mol. The predicted octanol–water partition coefficient (Wildman–Crippen LogP) is 2.88. The lowest BCUT2D eigenvalue weighted by atomic mass is 9.95. The smallest absolute Gasteiger partial charge is 0.241 e. The standard InChI is InChI=1S/C21H25N3O2/c1-15(24-13-11-17(12-14-24)20(22)25)21(26)23-19-10-6-5-9-18(19)16-7-3-2-4-8-16/h2-10,15,17H,11-14H2,1H3,(H2,22,25)(H,23,26). The van der Waals surface area contributed by atoms with Gasteiger partial charge in [-0.15, -0.1) is 0 Å². The average Bonchev–Trinajstić information content (AvgIpc) is 2.68. The van der Waals surface area contributed by atoms with Crippen molar-refractivity contribution in [3.63, 3.8) is 0 Å². The van der Waals surface area contributed by atoms with Gasteiger partial charge in [0.2, 0.25) is 11.8 Å². The highest BCUT2D eigenvalue weighted by Crippen LogP contribution is 2.28. The number of rotatable bonds is 5. The van der Waals surface area contributed by atoms with E-state index in [2.05, 4.69) is 10.2 Å². The lowest BCUT2D eigenvalue weighted by molar-refractivity contribution is -0.124. The fourth-order valence-corrected chi connectivity index (χ4v) is 3.44. The van der Waals surface area contributed by atoms with E-state index < -0.39 is 0 Å². The molecule has 1 unspecified atom stereocenters. The molecule has 2 amide bonds. The molecule has 1 aliphatic rings. The van der Waals surface area contributed by atoms with E-state index >= 15 is 0 Å². The Morgan fingerprint density at radius 1 is 1.04 bits per heavy atom. The predicted molar refractivity (Wildman–Crippen MR) is 103 cm³/mol. The molecule has 3 rings (SSSR count). The van der Waals surface area contributed by atoms with Crippen molar-refractivity contribution in [2.45, 2.75) is 25.8 Å². The number of hydrogen-bond acceptors (Lipinski definition) is 3. The number of nitrogens with two attached hydrogens (primary N) is 1. The van der Waals surface area contributed by atoms with Crippen molar-refractivity contribution in [2.24, 2.45) is 11.7 Å². The first-order valence-corrected chi connectivity index (χ1v) is 9.05. The Kier molecular flexibility index (Phi) is 5.68. The first-order chi connectivity index (χ1) is 12.6. The second-order valence-electron chi connectivity index (χ2n) is 6.79. The van der Waals surface area contributed by atoms with E-state index in [1.165, 1.54) is 0 Å². The number of para-hydroxylation sites is 1. The van der Waals surface area contributed by atoms with Gasteiger partial charge in [0, 0.05) is 17.2 Å².